The van der Waals surface area contributed by atoms with Crippen LogP contribution in [0.5, 0.6) is 0 Å². The molecule has 1 aromatic carbocycles. The Kier molecular flexibility index (Phi) is 1.96. The van der Waals surface area contributed by atoms with Crippen molar-refractivity contribution in [2.45, 2.75) is 19.1 Å². The molecule has 0 aliphatic carbocycles. The summed E-state index contributed by atoms with van der Waals surface area (Å²) in [6, 6.07) is 10.3. The van der Waals surface area contributed by atoms with Crippen LogP contribution < -0.4 is 0 Å². The zero-order valence-electron chi connectivity index (χ0n) is 7.10. The highest BCUT2D eigenvalue weighted by molar-refractivity contribution is 5.24. The third-order valence-electron chi connectivity index (χ3n) is 2.04. The van der Waals surface area contributed by atoms with Crippen molar-refractivity contribution in [3.05, 3.63) is 48.0 Å². The van der Waals surface area contributed by atoms with Crippen LogP contribution in [0.25, 0.3) is 0 Å². The molecule has 0 radical (unpaired) electrons. The SMILES string of the molecule is C/C=C/[C@H]1O[C@H]1c1ccccc1. The quantitative estimate of drug-likeness (QED) is 0.478. The molecule has 2 atom stereocenters. The van der Waals surface area contributed by atoms with Gasteiger partial charge >= 0.3 is 0 Å². The lowest BCUT2D eigenvalue weighted by Gasteiger charge is -1.91. The van der Waals surface area contributed by atoms with Crippen LogP contribution in [0.2, 0.25) is 0 Å². The Morgan fingerprint density at radius 2 is 2.00 bits per heavy atom. The van der Waals surface area contributed by atoms with Gasteiger partial charge < -0.3 is 4.74 Å². The fourth-order valence-electron chi connectivity index (χ4n) is 1.37. The van der Waals surface area contributed by atoms with Crippen LogP contribution in [0.15, 0.2) is 42.5 Å². The Morgan fingerprint density at radius 1 is 1.25 bits per heavy atom. The highest BCUT2D eigenvalue weighted by Crippen LogP contribution is 2.39. The Balaban J connectivity index is 2.06. The van der Waals surface area contributed by atoms with E-state index in [1.54, 1.807) is 0 Å². The minimum atomic E-state index is 0.308. The van der Waals surface area contributed by atoms with E-state index in [1.165, 1.54) is 5.56 Å². The van der Waals surface area contributed by atoms with E-state index in [0.717, 1.165) is 0 Å². The molecule has 0 bridgehead atoms. The molecule has 1 aliphatic heterocycles. The molecule has 0 amide bonds. The fraction of sp³-hybridized carbons (Fsp3) is 0.273. The van der Waals surface area contributed by atoms with Gasteiger partial charge in [0, 0.05) is 0 Å². The van der Waals surface area contributed by atoms with Crippen molar-refractivity contribution in [1.29, 1.82) is 0 Å². The molecule has 1 fully saturated rings. The maximum atomic E-state index is 5.46. The maximum Gasteiger partial charge on any atom is 0.113 e. The molecule has 1 nitrogen and oxygen atoms in total. The van der Waals surface area contributed by atoms with Gasteiger partial charge in [0.1, 0.15) is 12.2 Å². The van der Waals surface area contributed by atoms with Crippen LogP contribution in [0.3, 0.4) is 0 Å². The summed E-state index contributed by atoms with van der Waals surface area (Å²) in [6.07, 6.45) is 4.76. The zero-order chi connectivity index (χ0) is 8.39. The normalized spacial score (nSPS) is 27.8. The van der Waals surface area contributed by atoms with Gasteiger partial charge in [-0.15, -0.1) is 0 Å². The largest absolute Gasteiger partial charge is 0.360 e. The summed E-state index contributed by atoms with van der Waals surface area (Å²) < 4.78 is 5.46. The first-order valence-corrected chi connectivity index (χ1v) is 4.25. The van der Waals surface area contributed by atoms with E-state index in [9.17, 15) is 0 Å². The summed E-state index contributed by atoms with van der Waals surface area (Å²) >= 11 is 0. The third kappa shape index (κ3) is 1.41. The minimum absolute atomic E-state index is 0.308. The van der Waals surface area contributed by atoms with E-state index in [4.69, 9.17) is 4.74 Å². The Labute approximate surface area is 72.7 Å². The Morgan fingerprint density at radius 3 is 2.67 bits per heavy atom. The van der Waals surface area contributed by atoms with Gasteiger partial charge in [0.2, 0.25) is 0 Å². The molecule has 2 rings (SSSR count). The van der Waals surface area contributed by atoms with Crippen molar-refractivity contribution in [1.82, 2.24) is 0 Å². The molecule has 0 N–H and O–H groups in total. The second kappa shape index (κ2) is 3.11. The van der Waals surface area contributed by atoms with Crippen LogP contribution in [0.1, 0.15) is 18.6 Å². The van der Waals surface area contributed by atoms with Crippen molar-refractivity contribution in [3.63, 3.8) is 0 Å². The smallest absolute Gasteiger partial charge is 0.113 e. The monoisotopic (exact) mass is 160 g/mol. The third-order valence-corrected chi connectivity index (χ3v) is 2.04. The first kappa shape index (κ1) is 7.56. The van der Waals surface area contributed by atoms with Gasteiger partial charge in [0.25, 0.3) is 0 Å². The average molecular weight is 160 g/mol. The van der Waals surface area contributed by atoms with Gasteiger partial charge in [0.05, 0.1) is 0 Å². The van der Waals surface area contributed by atoms with Gasteiger partial charge in [-0.25, -0.2) is 0 Å². The molecule has 1 aromatic rings. The second-order valence-electron chi connectivity index (χ2n) is 2.96. The predicted molar refractivity (Wildman–Crippen MR) is 48.9 cm³/mol. The molecular formula is C11H12O. The van der Waals surface area contributed by atoms with Gasteiger partial charge in [-0.2, -0.15) is 0 Å². The molecule has 62 valence electrons. The second-order valence-corrected chi connectivity index (χ2v) is 2.96. The first-order chi connectivity index (χ1) is 5.92. The summed E-state index contributed by atoms with van der Waals surface area (Å²) in [4.78, 5) is 0. The lowest BCUT2D eigenvalue weighted by molar-refractivity contribution is 0.394. The minimum Gasteiger partial charge on any atom is -0.360 e. The molecule has 0 aromatic heterocycles. The molecular weight excluding hydrogens is 148 g/mol. The van der Waals surface area contributed by atoms with Crippen molar-refractivity contribution >= 4 is 0 Å². The summed E-state index contributed by atoms with van der Waals surface area (Å²) in [5.41, 5.74) is 1.28. The number of hydrogen-bond donors (Lipinski definition) is 0. The molecule has 1 heterocycles. The number of epoxide rings is 1. The number of rotatable bonds is 2. The van der Waals surface area contributed by atoms with Crippen molar-refractivity contribution < 1.29 is 4.74 Å². The Hall–Kier alpha value is -1.08. The molecule has 0 spiro atoms. The van der Waals surface area contributed by atoms with Crippen LogP contribution >= 0.6 is 0 Å². The van der Waals surface area contributed by atoms with Crippen LogP contribution in [-0.4, -0.2) is 6.10 Å². The predicted octanol–water partition coefficient (Wildman–Crippen LogP) is 2.70. The molecule has 0 unspecified atom stereocenters. The summed E-state index contributed by atoms with van der Waals surface area (Å²) in [6.45, 7) is 2.02. The van der Waals surface area contributed by atoms with Gasteiger partial charge in [-0.3, -0.25) is 0 Å². The highest BCUT2D eigenvalue weighted by atomic mass is 16.6. The fourth-order valence-corrected chi connectivity index (χ4v) is 1.37. The molecule has 1 saturated heterocycles. The molecule has 1 aliphatic rings. The van der Waals surface area contributed by atoms with E-state index < -0.39 is 0 Å². The van der Waals surface area contributed by atoms with E-state index in [2.05, 4.69) is 18.2 Å². The Bertz CT molecular complexity index is 276. The van der Waals surface area contributed by atoms with E-state index in [0.29, 0.717) is 12.2 Å². The van der Waals surface area contributed by atoms with Crippen LogP contribution in [-0.2, 0) is 4.74 Å². The zero-order valence-corrected chi connectivity index (χ0v) is 7.10. The highest BCUT2D eigenvalue weighted by Gasteiger charge is 2.37. The summed E-state index contributed by atoms with van der Waals surface area (Å²) in [5, 5.41) is 0. The lowest BCUT2D eigenvalue weighted by atomic mass is 10.1. The van der Waals surface area contributed by atoms with E-state index in [-0.39, 0.29) is 0 Å². The van der Waals surface area contributed by atoms with Crippen LogP contribution in [0, 0.1) is 0 Å². The van der Waals surface area contributed by atoms with Crippen LogP contribution in [0.4, 0.5) is 0 Å². The number of benzene rings is 1. The number of hydrogen-bond acceptors (Lipinski definition) is 1. The molecule has 1 heteroatoms. The average Bonchev–Trinajstić information content (AvgIpc) is 2.87. The van der Waals surface area contributed by atoms with Gasteiger partial charge in [-0.05, 0) is 12.5 Å². The van der Waals surface area contributed by atoms with Crippen molar-refractivity contribution in [3.8, 4) is 0 Å². The maximum absolute atomic E-state index is 5.46. The molecule has 0 saturated carbocycles. The summed E-state index contributed by atoms with van der Waals surface area (Å²) in [7, 11) is 0. The van der Waals surface area contributed by atoms with Gasteiger partial charge in [0.15, 0.2) is 0 Å². The van der Waals surface area contributed by atoms with Gasteiger partial charge in [-0.1, -0.05) is 42.5 Å². The van der Waals surface area contributed by atoms with E-state index in [1.807, 2.05) is 31.2 Å². The number of ether oxygens (including phenoxy) is 1. The number of allylic oxidation sites excluding steroid dienone is 1. The van der Waals surface area contributed by atoms with E-state index >= 15 is 0 Å². The lowest BCUT2D eigenvalue weighted by Crippen LogP contribution is -1.82. The van der Waals surface area contributed by atoms with Crippen molar-refractivity contribution in [2.24, 2.45) is 0 Å². The topological polar surface area (TPSA) is 12.5 Å². The summed E-state index contributed by atoms with van der Waals surface area (Å²) in [5.74, 6) is 0. The standard InChI is InChI=1S/C11H12O/c1-2-6-10-11(12-10)9-7-4-3-5-8-9/h2-8,10-11H,1H3/b6-2+/t10-,11+/m1/s1. The van der Waals surface area contributed by atoms with Crippen molar-refractivity contribution in [2.75, 3.05) is 0 Å². The molecule has 12 heavy (non-hydrogen) atoms. The first-order valence-electron chi connectivity index (χ1n) is 4.25.